The molecule has 1 fully saturated rings. The van der Waals surface area contributed by atoms with Crippen LogP contribution in [-0.2, 0) is 9.53 Å². The number of nitrogens with zero attached hydrogens (tertiary/aromatic N) is 3. The normalized spacial score (nSPS) is 21.3. The number of halogens is 4. The van der Waals surface area contributed by atoms with E-state index in [1.54, 1.807) is 23.4 Å². The number of hydrogen-bond donors (Lipinski definition) is 2. The molecule has 0 amide bonds. The van der Waals surface area contributed by atoms with Crippen LogP contribution in [-0.4, -0.2) is 58.6 Å². The minimum atomic E-state index is -2.97. The molecule has 1 aromatic heterocycles. The highest BCUT2D eigenvalue weighted by Gasteiger charge is 2.43. The lowest BCUT2D eigenvalue weighted by molar-refractivity contribution is -0.139. The highest BCUT2D eigenvalue weighted by molar-refractivity contribution is 7.11. The Morgan fingerprint density at radius 3 is 2.88 bits per heavy atom. The zero-order chi connectivity index (χ0) is 23.7. The van der Waals surface area contributed by atoms with E-state index in [9.17, 15) is 23.1 Å². The smallest absolute Gasteiger partial charge is 0.338 e. The third kappa shape index (κ3) is 4.77. The number of nitrogens with one attached hydrogen (secondary N) is 1. The minimum Gasteiger partial charge on any atom is -0.463 e. The molecule has 7 nitrogen and oxygen atoms in total. The Labute approximate surface area is 196 Å². The van der Waals surface area contributed by atoms with E-state index in [1.165, 1.54) is 23.5 Å². The van der Waals surface area contributed by atoms with Gasteiger partial charge in [-0.05, 0) is 19.1 Å². The van der Waals surface area contributed by atoms with Crippen molar-refractivity contribution in [1.29, 1.82) is 0 Å². The van der Waals surface area contributed by atoms with Crippen LogP contribution in [0.15, 0.2) is 46.0 Å². The van der Waals surface area contributed by atoms with E-state index < -0.39 is 36.5 Å². The molecule has 33 heavy (non-hydrogen) atoms. The number of carbonyl (C=O) groups excluding carboxylic acids is 1. The Bertz CT molecular complexity index is 1100. The molecule has 1 aromatic carbocycles. The van der Waals surface area contributed by atoms with Crippen LogP contribution in [0.4, 0.5) is 13.2 Å². The third-order valence-electron chi connectivity index (χ3n) is 5.28. The van der Waals surface area contributed by atoms with Crippen LogP contribution in [0.25, 0.3) is 0 Å². The van der Waals surface area contributed by atoms with Gasteiger partial charge < -0.3 is 14.7 Å². The summed E-state index contributed by atoms with van der Waals surface area (Å²) in [5.41, 5.74) is 1.07. The second kappa shape index (κ2) is 9.80. The Hall–Kier alpha value is -2.47. The summed E-state index contributed by atoms with van der Waals surface area (Å²) in [5, 5.41) is 14.5. The fraction of sp³-hybridized carbons (Fsp3) is 0.381. The molecule has 3 heterocycles. The zero-order valence-corrected chi connectivity index (χ0v) is 18.9. The number of esters is 1. The number of aliphatic hydroxyl groups is 1. The van der Waals surface area contributed by atoms with Crippen LogP contribution in [0.3, 0.4) is 0 Å². The summed E-state index contributed by atoms with van der Waals surface area (Å²) in [6.45, 7) is 1.94. The average Bonchev–Trinajstić information content (AvgIpc) is 3.42. The van der Waals surface area contributed by atoms with Crippen LogP contribution >= 0.6 is 22.9 Å². The Morgan fingerprint density at radius 2 is 2.24 bits per heavy atom. The Balaban J connectivity index is 1.84. The van der Waals surface area contributed by atoms with Gasteiger partial charge in [0.2, 0.25) is 0 Å². The number of ether oxygens (including phenoxy) is 1. The van der Waals surface area contributed by atoms with Crippen LogP contribution in [0, 0.1) is 5.82 Å². The number of hydrogen-bond acceptors (Lipinski definition) is 8. The molecule has 4 rings (SSSR count). The molecule has 2 aliphatic rings. The first kappa shape index (κ1) is 23.7. The quantitative estimate of drug-likeness (QED) is 0.447. The lowest BCUT2D eigenvalue weighted by Crippen LogP contribution is -2.44. The number of thiazole rings is 1. The maximum Gasteiger partial charge on any atom is 0.338 e. The number of alkyl halides is 2. The number of amidine groups is 1. The molecule has 176 valence electrons. The van der Waals surface area contributed by atoms with Gasteiger partial charge in [-0.2, -0.15) is 0 Å². The fourth-order valence-electron chi connectivity index (χ4n) is 3.94. The maximum absolute atomic E-state index is 13.7. The Kier molecular flexibility index (Phi) is 7.03. The number of fused-ring (bicyclic) bond motifs is 1. The predicted octanol–water partition coefficient (Wildman–Crippen LogP) is 3.50. The minimum absolute atomic E-state index is 0.0823. The first-order valence-electron chi connectivity index (χ1n) is 10.1. The summed E-state index contributed by atoms with van der Waals surface area (Å²) in [6, 6.07) is 2.29. The van der Waals surface area contributed by atoms with Crippen molar-refractivity contribution in [2.24, 2.45) is 4.99 Å². The van der Waals surface area contributed by atoms with Crippen molar-refractivity contribution >= 4 is 34.7 Å². The number of rotatable bonds is 7. The van der Waals surface area contributed by atoms with Crippen molar-refractivity contribution in [1.82, 2.24) is 15.2 Å². The van der Waals surface area contributed by atoms with Gasteiger partial charge in [0.15, 0.2) is 17.1 Å². The maximum atomic E-state index is 13.7. The SMILES string of the molecule is CCOC(=O)C1=C2C[C@H](NC(O)C(F)F)CN2C(c2nccs2)=N[C@H]1c1ccc(F)cc1Cl. The van der Waals surface area contributed by atoms with Gasteiger partial charge in [-0.1, -0.05) is 17.7 Å². The van der Waals surface area contributed by atoms with E-state index in [0.717, 1.165) is 6.07 Å². The molecular weight excluding hydrogens is 481 g/mol. The summed E-state index contributed by atoms with van der Waals surface area (Å²) in [7, 11) is 0. The molecule has 0 radical (unpaired) electrons. The number of carbonyl (C=O) groups is 1. The fourth-order valence-corrected chi connectivity index (χ4v) is 4.85. The molecule has 0 aliphatic carbocycles. The van der Waals surface area contributed by atoms with Crippen molar-refractivity contribution in [3.63, 3.8) is 0 Å². The van der Waals surface area contributed by atoms with Crippen LogP contribution < -0.4 is 5.32 Å². The molecule has 3 atom stereocenters. The second-order valence-electron chi connectivity index (χ2n) is 7.40. The van der Waals surface area contributed by atoms with E-state index in [2.05, 4.69) is 10.3 Å². The first-order chi connectivity index (χ1) is 15.8. The standard InChI is InChI=1S/C21H20ClF3N4O3S/c1-2-32-21(31)15-14-8-11(27-19(30)17(24)25)9-29(14)18(20-26-5-6-33-20)28-16(15)12-4-3-10(23)7-13(12)22/h3-7,11,16-17,19,27,30H,2,8-9H2,1H3/t11-,16-,19?/m0/s1. The summed E-state index contributed by atoms with van der Waals surface area (Å²) in [6.07, 6.45) is -3.25. The zero-order valence-electron chi connectivity index (χ0n) is 17.3. The van der Waals surface area contributed by atoms with E-state index in [1.807, 2.05) is 0 Å². The third-order valence-corrected chi connectivity index (χ3v) is 6.38. The van der Waals surface area contributed by atoms with Crippen molar-refractivity contribution in [2.45, 2.75) is 38.1 Å². The van der Waals surface area contributed by atoms with Gasteiger partial charge in [0.25, 0.3) is 6.43 Å². The molecule has 1 unspecified atom stereocenters. The van der Waals surface area contributed by atoms with Gasteiger partial charge in [-0.3, -0.25) is 10.3 Å². The van der Waals surface area contributed by atoms with Crippen LogP contribution in [0.1, 0.15) is 30.0 Å². The van der Waals surface area contributed by atoms with E-state index in [0.29, 0.717) is 22.1 Å². The molecule has 0 bridgehead atoms. The van der Waals surface area contributed by atoms with Gasteiger partial charge in [0.1, 0.15) is 11.9 Å². The van der Waals surface area contributed by atoms with Crippen molar-refractivity contribution in [2.75, 3.05) is 13.2 Å². The molecule has 2 N–H and O–H groups in total. The first-order valence-corrected chi connectivity index (χ1v) is 11.4. The van der Waals surface area contributed by atoms with Gasteiger partial charge in [-0.25, -0.2) is 22.9 Å². The molecule has 12 heteroatoms. The highest BCUT2D eigenvalue weighted by atomic mass is 35.5. The average molecular weight is 501 g/mol. The van der Waals surface area contributed by atoms with Gasteiger partial charge in [-0.15, -0.1) is 11.3 Å². The highest BCUT2D eigenvalue weighted by Crippen LogP contribution is 2.42. The van der Waals surface area contributed by atoms with Gasteiger partial charge in [0.05, 0.1) is 12.2 Å². The van der Waals surface area contributed by atoms with Gasteiger partial charge in [0, 0.05) is 46.9 Å². The lowest BCUT2D eigenvalue weighted by atomic mass is 9.94. The predicted molar refractivity (Wildman–Crippen MR) is 117 cm³/mol. The van der Waals surface area contributed by atoms with E-state index >= 15 is 0 Å². The topological polar surface area (TPSA) is 87.0 Å². The summed E-state index contributed by atoms with van der Waals surface area (Å²) in [5.74, 6) is -0.754. The molecule has 1 saturated heterocycles. The van der Waals surface area contributed by atoms with Crippen molar-refractivity contribution < 1.29 is 27.8 Å². The Morgan fingerprint density at radius 1 is 1.45 bits per heavy atom. The lowest BCUT2D eigenvalue weighted by Gasteiger charge is -2.31. The number of aliphatic imine (C=N–C) groups is 1. The molecule has 2 aliphatic heterocycles. The number of benzene rings is 1. The summed E-state index contributed by atoms with van der Waals surface area (Å²) >= 11 is 7.64. The number of aromatic nitrogens is 1. The second-order valence-corrected chi connectivity index (χ2v) is 8.70. The molecule has 0 spiro atoms. The van der Waals surface area contributed by atoms with Gasteiger partial charge >= 0.3 is 5.97 Å². The van der Waals surface area contributed by atoms with Crippen molar-refractivity contribution in [3.05, 3.63) is 62.5 Å². The monoisotopic (exact) mass is 500 g/mol. The summed E-state index contributed by atoms with van der Waals surface area (Å²) in [4.78, 5) is 23.8. The number of aliphatic hydroxyl groups excluding tert-OH is 1. The molecular formula is C21H20ClF3N4O3S. The molecule has 2 aromatic rings. The summed E-state index contributed by atoms with van der Waals surface area (Å²) < 4.78 is 44.8. The van der Waals surface area contributed by atoms with Crippen LogP contribution in [0.2, 0.25) is 5.02 Å². The van der Waals surface area contributed by atoms with Crippen LogP contribution in [0.5, 0.6) is 0 Å². The van der Waals surface area contributed by atoms with E-state index in [-0.39, 0.29) is 30.2 Å². The largest absolute Gasteiger partial charge is 0.463 e. The van der Waals surface area contributed by atoms with Crippen molar-refractivity contribution in [3.8, 4) is 0 Å². The molecule has 0 saturated carbocycles. The van der Waals surface area contributed by atoms with E-state index in [4.69, 9.17) is 21.3 Å².